The predicted octanol–water partition coefficient (Wildman–Crippen LogP) is 3.53. The Morgan fingerprint density at radius 2 is 2.08 bits per heavy atom. The van der Waals surface area contributed by atoms with Gasteiger partial charge in [-0.15, -0.1) is 11.3 Å². The van der Waals surface area contributed by atoms with Gasteiger partial charge in [0, 0.05) is 37.1 Å². The van der Waals surface area contributed by atoms with Crippen molar-refractivity contribution in [1.82, 2.24) is 4.90 Å². The van der Waals surface area contributed by atoms with Crippen LogP contribution in [0.15, 0.2) is 35.7 Å². The SMILES string of the molecule is CN(Cc1cccs1)C(=O)c1cc([N+](=O)[O-])ccc1N1CCCC1. The van der Waals surface area contributed by atoms with E-state index in [1.54, 1.807) is 29.4 Å². The monoisotopic (exact) mass is 345 g/mol. The van der Waals surface area contributed by atoms with Crippen molar-refractivity contribution in [2.45, 2.75) is 19.4 Å². The molecule has 6 nitrogen and oxygen atoms in total. The summed E-state index contributed by atoms with van der Waals surface area (Å²) in [5.41, 5.74) is 1.15. The zero-order chi connectivity index (χ0) is 17.1. The van der Waals surface area contributed by atoms with Gasteiger partial charge in [-0.1, -0.05) is 6.07 Å². The standard InChI is InChI=1S/C17H19N3O3S/c1-18(12-14-5-4-10-24-14)17(21)15-11-13(20(22)23)6-7-16(15)19-8-2-3-9-19/h4-7,10-11H,2-3,8-9,12H2,1H3. The van der Waals surface area contributed by atoms with Crippen molar-refractivity contribution in [3.8, 4) is 0 Å². The average molecular weight is 345 g/mol. The second-order valence-corrected chi connectivity index (χ2v) is 6.93. The second kappa shape index (κ2) is 7.00. The van der Waals surface area contributed by atoms with E-state index in [4.69, 9.17) is 0 Å². The number of anilines is 1. The fourth-order valence-corrected chi connectivity index (χ4v) is 3.71. The zero-order valence-electron chi connectivity index (χ0n) is 13.5. The number of carbonyl (C=O) groups excluding carboxylic acids is 1. The fourth-order valence-electron chi connectivity index (χ4n) is 2.96. The van der Waals surface area contributed by atoms with Gasteiger partial charge in [0.1, 0.15) is 0 Å². The highest BCUT2D eigenvalue weighted by molar-refractivity contribution is 7.09. The summed E-state index contributed by atoms with van der Waals surface area (Å²) in [6.07, 6.45) is 2.16. The molecule has 0 N–H and O–H groups in total. The highest BCUT2D eigenvalue weighted by Crippen LogP contribution is 2.29. The molecular formula is C17H19N3O3S. The van der Waals surface area contributed by atoms with Crippen LogP contribution < -0.4 is 4.90 Å². The Bertz CT molecular complexity index is 740. The van der Waals surface area contributed by atoms with Crippen LogP contribution in [0.3, 0.4) is 0 Å². The average Bonchev–Trinajstić information content (AvgIpc) is 3.27. The molecule has 0 aliphatic carbocycles. The number of rotatable bonds is 5. The minimum absolute atomic E-state index is 0.0502. The summed E-state index contributed by atoms with van der Waals surface area (Å²) in [4.78, 5) is 28.4. The fraction of sp³-hybridized carbons (Fsp3) is 0.353. The Morgan fingerprint density at radius 1 is 1.33 bits per heavy atom. The van der Waals surface area contributed by atoms with Crippen molar-refractivity contribution >= 4 is 28.6 Å². The molecule has 0 atom stereocenters. The molecule has 2 heterocycles. The molecule has 0 radical (unpaired) electrons. The molecule has 3 rings (SSSR count). The first-order valence-corrected chi connectivity index (χ1v) is 8.75. The van der Waals surface area contributed by atoms with Gasteiger partial charge in [-0.3, -0.25) is 14.9 Å². The first-order valence-electron chi connectivity index (χ1n) is 7.87. The maximum atomic E-state index is 12.9. The zero-order valence-corrected chi connectivity index (χ0v) is 14.3. The summed E-state index contributed by atoms with van der Waals surface area (Å²) in [5, 5.41) is 13.1. The van der Waals surface area contributed by atoms with E-state index < -0.39 is 4.92 Å². The molecule has 2 aromatic rings. The molecule has 1 saturated heterocycles. The highest BCUT2D eigenvalue weighted by atomic mass is 32.1. The summed E-state index contributed by atoms with van der Waals surface area (Å²) in [6, 6.07) is 8.50. The van der Waals surface area contributed by atoms with Crippen LogP contribution in [0.4, 0.5) is 11.4 Å². The van der Waals surface area contributed by atoms with Crippen LogP contribution in [0.5, 0.6) is 0 Å². The molecule has 0 unspecified atom stereocenters. The normalized spacial score (nSPS) is 14.0. The lowest BCUT2D eigenvalue weighted by atomic mass is 10.1. The lowest BCUT2D eigenvalue weighted by Gasteiger charge is -2.23. The van der Waals surface area contributed by atoms with Crippen molar-refractivity contribution in [3.63, 3.8) is 0 Å². The minimum Gasteiger partial charge on any atom is -0.371 e. The van der Waals surface area contributed by atoms with E-state index >= 15 is 0 Å². The van der Waals surface area contributed by atoms with Crippen molar-refractivity contribution < 1.29 is 9.72 Å². The van der Waals surface area contributed by atoms with Crippen molar-refractivity contribution in [3.05, 3.63) is 56.3 Å². The number of hydrogen-bond acceptors (Lipinski definition) is 5. The van der Waals surface area contributed by atoms with Crippen LogP contribution in [-0.4, -0.2) is 35.9 Å². The summed E-state index contributed by atoms with van der Waals surface area (Å²) in [5.74, 6) is -0.186. The molecule has 1 aromatic carbocycles. The number of amides is 1. The number of non-ortho nitro benzene ring substituents is 1. The Balaban J connectivity index is 1.91. The maximum Gasteiger partial charge on any atom is 0.270 e. The summed E-state index contributed by atoms with van der Waals surface area (Å²) in [7, 11) is 1.73. The van der Waals surface area contributed by atoms with Gasteiger partial charge < -0.3 is 9.80 Å². The van der Waals surface area contributed by atoms with E-state index in [0.29, 0.717) is 12.1 Å². The van der Waals surface area contributed by atoms with Crippen molar-refractivity contribution in [1.29, 1.82) is 0 Å². The van der Waals surface area contributed by atoms with Crippen LogP contribution in [-0.2, 0) is 6.54 Å². The molecular weight excluding hydrogens is 326 g/mol. The maximum absolute atomic E-state index is 12.9. The van der Waals surface area contributed by atoms with Crippen molar-refractivity contribution in [2.75, 3.05) is 25.0 Å². The Hall–Kier alpha value is -2.41. The molecule has 0 saturated carbocycles. The molecule has 1 fully saturated rings. The van der Waals surface area contributed by atoms with Gasteiger partial charge in [-0.2, -0.15) is 0 Å². The molecule has 0 bridgehead atoms. The molecule has 1 amide bonds. The Labute approximate surface area is 144 Å². The van der Waals surface area contributed by atoms with E-state index in [2.05, 4.69) is 4.90 Å². The van der Waals surface area contributed by atoms with Gasteiger partial charge >= 0.3 is 0 Å². The van der Waals surface area contributed by atoms with Crippen LogP contribution in [0, 0.1) is 10.1 Å². The number of nitro benzene ring substituents is 1. The van der Waals surface area contributed by atoms with E-state index in [9.17, 15) is 14.9 Å². The van der Waals surface area contributed by atoms with Crippen LogP contribution in [0.1, 0.15) is 28.1 Å². The number of carbonyl (C=O) groups is 1. The first kappa shape index (κ1) is 16.4. The van der Waals surface area contributed by atoms with Crippen molar-refractivity contribution in [2.24, 2.45) is 0 Å². The van der Waals surface area contributed by atoms with Gasteiger partial charge in [0.2, 0.25) is 0 Å². The first-order chi connectivity index (χ1) is 11.6. The van der Waals surface area contributed by atoms with Crippen LogP contribution in [0.2, 0.25) is 0 Å². The second-order valence-electron chi connectivity index (χ2n) is 5.89. The largest absolute Gasteiger partial charge is 0.371 e. The highest BCUT2D eigenvalue weighted by Gasteiger charge is 2.24. The third kappa shape index (κ3) is 3.41. The van der Waals surface area contributed by atoms with Gasteiger partial charge in [0.25, 0.3) is 11.6 Å². The Morgan fingerprint density at radius 3 is 2.71 bits per heavy atom. The Kier molecular flexibility index (Phi) is 4.80. The van der Waals surface area contributed by atoms with E-state index in [1.807, 2.05) is 17.5 Å². The van der Waals surface area contributed by atoms with Gasteiger partial charge in [-0.25, -0.2) is 0 Å². The number of thiophene rings is 1. The molecule has 1 aliphatic rings. The number of nitrogens with zero attached hydrogens (tertiary/aromatic N) is 3. The van der Waals surface area contributed by atoms with E-state index in [1.165, 1.54) is 12.1 Å². The lowest BCUT2D eigenvalue weighted by Crippen LogP contribution is -2.29. The summed E-state index contributed by atoms with van der Waals surface area (Å²) in [6.45, 7) is 2.26. The van der Waals surface area contributed by atoms with Gasteiger partial charge in [0.05, 0.1) is 22.7 Å². The third-order valence-electron chi connectivity index (χ3n) is 4.19. The molecule has 1 aliphatic heterocycles. The topological polar surface area (TPSA) is 66.7 Å². The molecule has 0 spiro atoms. The predicted molar refractivity (Wildman–Crippen MR) is 94.7 cm³/mol. The molecule has 1 aromatic heterocycles. The smallest absolute Gasteiger partial charge is 0.270 e. The summed E-state index contributed by atoms with van der Waals surface area (Å²) < 4.78 is 0. The lowest BCUT2D eigenvalue weighted by molar-refractivity contribution is -0.384. The van der Waals surface area contributed by atoms with E-state index in [0.717, 1.165) is 36.5 Å². The molecule has 24 heavy (non-hydrogen) atoms. The molecule has 126 valence electrons. The number of hydrogen-bond donors (Lipinski definition) is 0. The van der Waals surface area contributed by atoms with Crippen LogP contribution >= 0.6 is 11.3 Å². The van der Waals surface area contributed by atoms with Gasteiger partial charge in [-0.05, 0) is 30.4 Å². The number of benzene rings is 1. The van der Waals surface area contributed by atoms with E-state index in [-0.39, 0.29) is 11.6 Å². The molecule has 7 heteroatoms. The minimum atomic E-state index is -0.455. The summed E-state index contributed by atoms with van der Waals surface area (Å²) >= 11 is 1.59. The van der Waals surface area contributed by atoms with Crippen LogP contribution in [0.25, 0.3) is 0 Å². The quantitative estimate of drug-likeness (QED) is 0.614. The third-order valence-corrected chi connectivity index (χ3v) is 5.05. The van der Waals surface area contributed by atoms with Gasteiger partial charge in [0.15, 0.2) is 0 Å². The number of nitro groups is 1.